The van der Waals surface area contributed by atoms with Crippen LogP contribution in [-0.2, 0) is 11.9 Å². The molecule has 2 N–H and O–H groups in total. The molecule has 0 spiro atoms. The fourth-order valence-electron chi connectivity index (χ4n) is 1.06. The number of rotatable bonds is 3. The van der Waals surface area contributed by atoms with Crippen LogP contribution in [0.15, 0.2) is 18.2 Å². The van der Waals surface area contributed by atoms with Crippen LogP contribution in [0.1, 0.15) is 11.1 Å². The quantitative estimate of drug-likeness (QED) is 0.822. The molecule has 1 aromatic rings. The lowest BCUT2D eigenvalue weighted by atomic mass is 10.1. The number of carboxylic acid groups (broad SMARTS) is 1. The van der Waals surface area contributed by atoms with Crippen LogP contribution in [0.2, 0.25) is 0 Å². The monoisotopic (exact) mass is 261 g/mol. The lowest BCUT2D eigenvalue weighted by Crippen LogP contribution is -2.20. The summed E-state index contributed by atoms with van der Waals surface area (Å²) < 4.78 is 12.8. The molecule has 0 aliphatic carbocycles. The number of benzene rings is 1. The van der Waals surface area contributed by atoms with E-state index in [2.05, 4.69) is 21.2 Å². The highest BCUT2D eigenvalue weighted by Crippen LogP contribution is 2.14. The van der Waals surface area contributed by atoms with Gasteiger partial charge in [0.2, 0.25) is 0 Å². The predicted molar refractivity (Wildman–Crippen MR) is 53.9 cm³/mol. The van der Waals surface area contributed by atoms with Crippen LogP contribution < -0.4 is 5.32 Å². The van der Waals surface area contributed by atoms with Crippen molar-refractivity contribution in [1.29, 1.82) is 0 Å². The number of alkyl halides is 1. The van der Waals surface area contributed by atoms with Crippen LogP contribution in [0.25, 0.3) is 0 Å². The van der Waals surface area contributed by atoms with Gasteiger partial charge in [-0.25, -0.2) is 9.18 Å². The van der Waals surface area contributed by atoms with Crippen LogP contribution in [0, 0.1) is 5.82 Å². The molecule has 14 heavy (non-hydrogen) atoms. The Morgan fingerprint density at radius 3 is 2.79 bits per heavy atom. The largest absolute Gasteiger partial charge is 0.465 e. The highest BCUT2D eigenvalue weighted by molar-refractivity contribution is 9.08. The molecule has 0 saturated heterocycles. The maximum Gasteiger partial charge on any atom is 0.404 e. The van der Waals surface area contributed by atoms with Gasteiger partial charge in [0.25, 0.3) is 0 Å². The summed E-state index contributed by atoms with van der Waals surface area (Å²) in [6, 6.07) is 4.30. The Kier molecular flexibility index (Phi) is 3.88. The van der Waals surface area contributed by atoms with Crippen LogP contribution in [-0.4, -0.2) is 11.2 Å². The van der Waals surface area contributed by atoms with E-state index in [1.807, 2.05) is 0 Å². The number of hydrogen-bond donors (Lipinski definition) is 2. The standard InChI is InChI=1S/C9H9BrFNO2/c10-4-6-1-2-8(11)3-7(6)5-12-9(13)14/h1-3,12H,4-5H2,(H,13,14). The van der Waals surface area contributed by atoms with Crippen LogP contribution in [0.4, 0.5) is 9.18 Å². The molecule has 0 radical (unpaired) electrons. The van der Waals surface area contributed by atoms with Gasteiger partial charge < -0.3 is 10.4 Å². The van der Waals surface area contributed by atoms with Crippen molar-refractivity contribution in [3.8, 4) is 0 Å². The first-order chi connectivity index (χ1) is 6.63. The van der Waals surface area contributed by atoms with Gasteiger partial charge in [0, 0.05) is 11.9 Å². The van der Waals surface area contributed by atoms with Crippen molar-refractivity contribution in [1.82, 2.24) is 5.32 Å². The van der Waals surface area contributed by atoms with Gasteiger partial charge in [-0.2, -0.15) is 0 Å². The van der Waals surface area contributed by atoms with E-state index < -0.39 is 6.09 Å². The molecule has 76 valence electrons. The summed E-state index contributed by atoms with van der Waals surface area (Å²) in [6.45, 7) is 0.119. The lowest BCUT2D eigenvalue weighted by molar-refractivity contribution is 0.194. The lowest BCUT2D eigenvalue weighted by Gasteiger charge is -2.06. The molecular weight excluding hydrogens is 253 g/mol. The summed E-state index contributed by atoms with van der Waals surface area (Å²) in [7, 11) is 0. The number of halogens is 2. The average molecular weight is 262 g/mol. The van der Waals surface area contributed by atoms with Crippen molar-refractivity contribution in [3.05, 3.63) is 35.1 Å². The van der Waals surface area contributed by atoms with E-state index in [4.69, 9.17) is 5.11 Å². The van der Waals surface area contributed by atoms with E-state index in [0.717, 1.165) is 5.56 Å². The zero-order chi connectivity index (χ0) is 10.6. The van der Waals surface area contributed by atoms with Crippen molar-refractivity contribution in [2.75, 3.05) is 0 Å². The Morgan fingerprint density at radius 1 is 1.50 bits per heavy atom. The first-order valence-corrected chi connectivity index (χ1v) is 5.05. The second-order valence-electron chi connectivity index (χ2n) is 2.71. The highest BCUT2D eigenvalue weighted by atomic mass is 79.9. The van der Waals surface area contributed by atoms with E-state index in [0.29, 0.717) is 10.9 Å². The number of hydrogen-bond acceptors (Lipinski definition) is 1. The molecular formula is C9H9BrFNO2. The molecule has 0 fully saturated rings. The SMILES string of the molecule is O=C(O)NCc1cc(F)ccc1CBr. The van der Waals surface area contributed by atoms with Gasteiger partial charge in [0.1, 0.15) is 5.82 Å². The minimum absolute atomic E-state index is 0.119. The molecule has 1 aromatic carbocycles. The van der Waals surface area contributed by atoms with Crippen LogP contribution >= 0.6 is 15.9 Å². The first kappa shape index (κ1) is 11.0. The van der Waals surface area contributed by atoms with Crippen molar-refractivity contribution in [2.24, 2.45) is 0 Å². The maximum absolute atomic E-state index is 12.8. The third-order valence-corrected chi connectivity index (χ3v) is 2.35. The third-order valence-electron chi connectivity index (χ3n) is 1.74. The molecule has 0 aromatic heterocycles. The minimum atomic E-state index is -1.12. The van der Waals surface area contributed by atoms with Crippen LogP contribution in [0.5, 0.6) is 0 Å². The van der Waals surface area contributed by atoms with E-state index in [-0.39, 0.29) is 12.4 Å². The van der Waals surface area contributed by atoms with Gasteiger partial charge in [-0.3, -0.25) is 0 Å². The first-order valence-electron chi connectivity index (χ1n) is 3.93. The number of amides is 1. The molecule has 0 heterocycles. The smallest absolute Gasteiger partial charge is 0.404 e. The minimum Gasteiger partial charge on any atom is -0.465 e. The predicted octanol–water partition coefficient (Wildman–Crippen LogP) is 2.49. The zero-order valence-corrected chi connectivity index (χ0v) is 8.84. The van der Waals surface area contributed by atoms with Gasteiger partial charge in [-0.05, 0) is 23.3 Å². The fourth-order valence-corrected chi connectivity index (χ4v) is 1.61. The van der Waals surface area contributed by atoms with E-state index >= 15 is 0 Å². The molecule has 1 amide bonds. The fraction of sp³-hybridized carbons (Fsp3) is 0.222. The van der Waals surface area contributed by atoms with Gasteiger partial charge in [0.05, 0.1) is 0 Å². The van der Waals surface area contributed by atoms with Crippen LogP contribution in [0.3, 0.4) is 0 Å². The Balaban J connectivity index is 2.82. The van der Waals surface area contributed by atoms with E-state index in [9.17, 15) is 9.18 Å². The summed E-state index contributed by atoms with van der Waals surface area (Å²) >= 11 is 3.24. The molecule has 0 atom stereocenters. The summed E-state index contributed by atoms with van der Waals surface area (Å²) in [5.41, 5.74) is 1.52. The van der Waals surface area contributed by atoms with Crippen molar-refractivity contribution in [2.45, 2.75) is 11.9 Å². The Morgan fingerprint density at radius 2 is 2.21 bits per heavy atom. The molecule has 0 aliphatic rings. The number of nitrogens with one attached hydrogen (secondary N) is 1. The Bertz CT molecular complexity index is 344. The topological polar surface area (TPSA) is 49.3 Å². The molecule has 0 saturated carbocycles. The normalized spacial score (nSPS) is 9.86. The summed E-state index contributed by atoms with van der Waals surface area (Å²) in [4.78, 5) is 10.2. The Labute approximate surface area is 89.1 Å². The summed E-state index contributed by atoms with van der Waals surface area (Å²) in [5.74, 6) is -0.364. The summed E-state index contributed by atoms with van der Waals surface area (Å²) in [5, 5.41) is 11.2. The molecule has 0 unspecified atom stereocenters. The van der Waals surface area contributed by atoms with Gasteiger partial charge in [-0.15, -0.1) is 0 Å². The summed E-state index contributed by atoms with van der Waals surface area (Å²) in [6.07, 6.45) is -1.12. The molecule has 1 rings (SSSR count). The van der Waals surface area contributed by atoms with Gasteiger partial charge >= 0.3 is 6.09 Å². The average Bonchev–Trinajstić information content (AvgIpc) is 2.15. The van der Waals surface area contributed by atoms with E-state index in [1.54, 1.807) is 6.07 Å². The van der Waals surface area contributed by atoms with Gasteiger partial charge in [-0.1, -0.05) is 22.0 Å². The zero-order valence-electron chi connectivity index (χ0n) is 7.26. The van der Waals surface area contributed by atoms with Crippen molar-refractivity contribution >= 4 is 22.0 Å². The molecule has 0 bridgehead atoms. The molecule has 0 aliphatic heterocycles. The molecule has 5 heteroatoms. The second kappa shape index (κ2) is 4.95. The van der Waals surface area contributed by atoms with Crippen molar-refractivity contribution < 1.29 is 14.3 Å². The third kappa shape index (κ3) is 2.99. The highest BCUT2D eigenvalue weighted by Gasteiger charge is 2.04. The Hall–Kier alpha value is -1.10. The maximum atomic E-state index is 12.8. The van der Waals surface area contributed by atoms with E-state index in [1.165, 1.54) is 12.1 Å². The van der Waals surface area contributed by atoms with Crippen molar-refractivity contribution in [3.63, 3.8) is 0 Å². The molecule has 3 nitrogen and oxygen atoms in total. The van der Waals surface area contributed by atoms with Gasteiger partial charge in [0.15, 0.2) is 0 Å². The number of carbonyl (C=O) groups is 1. The second-order valence-corrected chi connectivity index (χ2v) is 3.27.